The third-order valence-electron chi connectivity index (χ3n) is 3.47. The molecular weight excluding hydrogens is 224 g/mol. The average Bonchev–Trinajstić information content (AvgIpc) is 2.80. The van der Waals surface area contributed by atoms with Gasteiger partial charge in [0.1, 0.15) is 0 Å². The molecule has 1 unspecified atom stereocenters. The summed E-state index contributed by atoms with van der Waals surface area (Å²) in [4.78, 5) is 13.8. The first-order chi connectivity index (χ1) is 8.72. The third-order valence-corrected chi connectivity index (χ3v) is 3.47. The number of nitrogens with one attached hydrogen (secondary N) is 1. The Kier molecular flexibility index (Phi) is 4.15. The fraction of sp³-hybridized carbons (Fsp3) is 0.400. The number of likely N-dealkylation sites (N-methyl/N-ethyl adjacent to an activating group) is 1. The van der Waals surface area contributed by atoms with Crippen molar-refractivity contribution in [3.63, 3.8) is 0 Å². The van der Waals surface area contributed by atoms with Crippen LogP contribution in [0.15, 0.2) is 36.9 Å². The molecule has 0 saturated carbocycles. The van der Waals surface area contributed by atoms with Gasteiger partial charge in [0.25, 0.3) is 0 Å². The Labute approximate surface area is 108 Å². The Bertz CT molecular complexity index is 442. The summed E-state index contributed by atoms with van der Waals surface area (Å²) >= 11 is 0. The standard InChI is InChI=1S/C15H20N2O/c1-3-10-16-15(18)11-17(2)14-9-8-12-6-4-5-7-13(12)14/h3-7,14H,1,8-11H2,2H3,(H,16,18). The number of hydrogen-bond donors (Lipinski definition) is 1. The molecule has 1 aliphatic rings. The van der Waals surface area contributed by atoms with Crippen molar-refractivity contribution in [1.29, 1.82) is 0 Å². The van der Waals surface area contributed by atoms with Crippen LogP contribution in [0.25, 0.3) is 0 Å². The van der Waals surface area contributed by atoms with Gasteiger partial charge in [-0.3, -0.25) is 9.69 Å². The molecule has 0 fully saturated rings. The van der Waals surface area contributed by atoms with Gasteiger partial charge in [-0.25, -0.2) is 0 Å². The maximum Gasteiger partial charge on any atom is 0.234 e. The second-order valence-electron chi connectivity index (χ2n) is 4.76. The van der Waals surface area contributed by atoms with Crippen LogP contribution in [-0.4, -0.2) is 30.9 Å². The molecule has 1 atom stereocenters. The lowest BCUT2D eigenvalue weighted by atomic mass is 10.1. The Morgan fingerprint density at radius 2 is 2.33 bits per heavy atom. The van der Waals surface area contributed by atoms with Crippen LogP contribution in [0.3, 0.4) is 0 Å². The van der Waals surface area contributed by atoms with Crippen molar-refractivity contribution in [3.8, 4) is 0 Å². The van der Waals surface area contributed by atoms with Gasteiger partial charge in [0.05, 0.1) is 6.54 Å². The van der Waals surface area contributed by atoms with Gasteiger partial charge in [-0.15, -0.1) is 6.58 Å². The fourth-order valence-corrected chi connectivity index (χ4v) is 2.57. The summed E-state index contributed by atoms with van der Waals surface area (Å²) in [6.07, 6.45) is 3.91. The van der Waals surface area contributed by atoms with Crippen LogP contribution in [0.1, 0.15) is 23.6 Å². The van der Waals surface area contributed by atoms with Gasteiger partial charge >= 0.3 is 0 Å². The van der Waals surface area contributed by atoms with Gasteiger partial charge < -0.3 is 5.32 Å². The number of aryl methyl sites for hydroxylation is 1. The monoisotopic (exact) mass is 244 g/mol. The SMILES string of the molecule is C=CCNC(=O)CN(C)C1CCc2ccccc21. The fourth-order valence-electron chi connectivity index (χ4n) is 2.57. The largest absolute Gasteiger partial charge is 0.352 e. The molecule has 96 valence electrons. The molecule has 1 amide bonds. The molecule has 0 spiro atoms. The van der Waals surface area contributed by atoms with E-state index in [-0.39, 0.29) is 5.91 Å². The zero-order valence-electron chi connectivity index (χ0n) is 10.9. The lowest BCUT2D eigenvalue weighted by Crippen LogP contribution is -2.36. The maximum absolute atomic E-state index is 11.7. The number of amides is 1. The van der Waals surface area contributed by atoms with Gasteiger partial charge in [0, 0.05) is 12.6 Å². The molecule has 1 N–H and O–H groups in total. The second kappa shape index (κ2) is 5.83. The molecule has 3 heteroatoms. The van der Waals surface area contributed by atoms with Gasteiger partial charge in [-0.05, 0) is 31.0 Å². The molecule has 0 radical (unpaired) electrons. The molecule has 1 aliphatic carbocycles. The minimum atomic E-state index is 0.0572. The summed E-state index contributed by atoms with van der Waals surface area (Å²) in [5, 5.41) is 2.81. The van der Waals surface area contributed by atoms with E-state index in [1.54, 1.807) is 6.08 Å². The first kappa shape index (κ1) is 12.8. The molecule has 0 aromatic heterocycles. The van der Waals surface area contributed by atoms with E-state index in [4.69, 9.17) is 0 Å². The highest BCUT2D eigenvalue weighted by Gasteiger charge is 2.26. The van der Waals surface area contributed by atoms with E-state index in [0.717, 1.165) is 12.8 Å². The predicted octanol–water partition coefficient (Wildman–Crippen LogP) is 1.91. The van der Waals surface area contributed by atoms with Crippen molar-refractivity contribution in [1.82, 2.24) is 10.2 Å². The molecular formula is C15H20N2O. The van der Waals surface area contributed by atoms with E-state index < -0.39 is 0 Å². The van der Waals surface area contributed by atoms with Crippen LogP contribution in [-0.2, 0) is 11.2 Å². The van der Waals surface area contributed by atoms with E-state index in [2.05, 4.69) is 41.1 Å². The molecule has 0 bridgehead atoms. The van der Waals surface area contributed by atoms with Crippen molar-refractivity contribution >= 4 is 5.91 Å². The minimum absolute atomic E-state index is 0.0572. The Morgan fingerprint density at radius 3 is 3.11 bits per heavy atom. The van der Waals surface area contributed by atoms with E-state index in [1.807, 2.05) is 7.05 Å². The van der Waals surface area contributed by atoms with Gasteiger partial charge in [-0.1, -0.05) is 30.3 Å². The number of nitrogens with zero attached hydrogens (tertiary/aromatic N) is 1. The maximum atomic E-state index is 11.7. The van der Waals surface area contributed by atoms with Crippen molar-refractivity contribution < 1.29 is 4.79 Å². The Morgan fingerprint density at radius 1 is 1.56 bits per heavy atom. The first-order valence-electron chi connectivity index (χ1n) is 6.38. The predicted molar refractivity (Wildman–Crippen MR) is 73.3 cm³/mol. The van der Waals surface area contributed by atoms with Gasteiger partial charge in [0.15, 0.2) is 0 Å². The highest BCUT2D eigenvalue weighted by molar-refractivity contribution is 5.78. The molecule has 2 rings (SSSR count). The molecule has 18 heavy (non-hydrogen) atoms. The Balaban J connectivity index is 1.97. The summed E-state index contributed by atoms with van der Waals surface area (Å²) in [6, 6.07) is 8.88. The number of carbonyl (C=O) groups is 1. The van der Waals surface area contributed by atoms with Crippen LogP contribution in [0.5, 0.6) is 0 Å². The van der Waals surface area contributed by atoms with Crippen molar-refractivity contribution in [2.75, 3.05) is 20.1 Å². The normalized spacial score (nSPS) is 17.6. The summed E-state index contributed by atoms with van der Waals surface area (Å²) in [5.74, 6) is 0.0572. The van der Waals surface area contributed by atoms with Crippen molar-refractivity contribution in [3.05, 3.63) is 48.0 Å². The van der Waals surface area contributed by atoms with E-state index in [0.29, 0.717) is 19.1 Å². The lowest BCUT2D eigenvalue weighted by Gasteiger charge is -2.24. The average molecular weight is 244 g/mol. The number of carbonyl (C=O) groups excluding carboxylic acids is 1. The van der Waals surface area contributed by atoms with Crippen LogP contribution in [0.4, 0.5) is 0 Å². The minimum Gasteiger partial charge on any atom is -0.352 e. The molecule has 3 nitrogen and oxygen atoms in total. The zero-order chi connectivity index (χ0) is 13.0. The van der Waals surface area contributed by atoms with Crippen LogP contribution in [0.2, 0.25) is 0 Å². The second-order valence-corrected chi connectivity index (χ2v) is 4.76. The van der Waals surface area contributed by atoms with Crippen molar-refractivity contribution in [2.24, 2.45) is 0 Å². The van der Waals surface area contributed by atoms with E-state index in [1.165, 1.54) is 11.1 Å². The quantitative estimate of drug-likeness (QED) is 0.802. The molecule has 0 aliphatic heterocycles. The summed E-state index contributed by atoms with van der Waals surface area (Å²) in [5.41, 5.74) is 2.79. The van der Waals surface area contributed by atoms with E-state index >= 15 is 0 Å². The Hall–Kier alpha value is -1.61. The highest BCUT2D eigenvalue weighted by atomic mass is 16.2. The van der Waals surface area contributed by atoms with Crippen LogP contribution >= 0.6 is 0 Å². The van der Waals surface area contributed by atoms with E-state index in [9.17, 15) is 4.79 Å². The van der Waals surface area contributed by atoms with Gasteiger partial charge in [-0.2, -0.15) is 0 Å². The zero-order valence-corrected chi connectivity index (χ0v) is 10.9. The lowest BCUT2D eigenvalue weighted by molar-refractivity contribution is -0.122. The summed E-state index contributed by atoms with van der Waals surface area (Å²) in [7, 11) is 2.01. The summed E-state index contributed by atoms with van der Waals surface area (Å²) in [6.45, 7) is 4.56. The highest BCUT2D eigenvalue weighted by Crippen LogP contribution is 2.34. The molecule has 0 heterocycles. The van der Waals surface area contributed by atoms with Crippen molar-refractivity contribution in [2.45, 2.75) is 18.9 Å². The number of fused-ring (bicyclic) bond motifs is 1. The summed E-state index contributed by atoms with van der Waals surface area (Å²) < 4.78 is 0. The van der Waals surface area contributed by atoms with Crippen LogP contribution < -0.4 is 5.32 Å². The number of hydrogen-bond acceptors (Lipinski definition) is 2. The third kappa shape index (κ3) is 2.79. The van der Waals surface area contributed by atoms with Crippen LogP contribution in [0, 0.1) is 0 Å². The number of benzene rings is 1. The number of rotatable bonds is 5. The molecule has 0 saturated heterocycles. The van der Waals surface area contributed by atoms with Gasteiger partial charge in [0.2, 0.25) is 5.91 Å². The molecule has 1 aromatic carbocycles. The smallest absolute Gasteiger partial charge is 0.234 e. The first-order valence-corrected chi connectivity index (χ1v) is 6.38. The molecule has 1 aromatic rings. The topological polar surface area (TPSA) is 32.3 Å².